The van der Waals surface area contributed by atoms with Gasteiger partial charge in [-0.3, -0.25) is 0 Å². The van der Waals surface area contributed by atoms with E-state index >= 15 is 0 Å². The summed E-state index contributed by atoms with van der Waals surface area (Å²) in [4.78, 5) is 20.9. The zero-order chi connectivity index (χ0) is 19.3. The summed E-state index contributed by atoms with van der Waals surface area (Å²) in [6, 6.07) is 17.8. The Morgan fingerprint density at radius 2 is 1.86 bits per heavy atom. The molecule has 5 nitrogen and oxygen atoms in total. The quantitative estimate of drug-likeness (QED) is 0.413. The minimum Gasteiger partial charge on any atom is -0.451 e. The van der Waals surface area contributed by atoms with E-state index in [1.807, 2.05) is 42.5 Å². The summed E-state index contributed by atoms with van der Waals surface area (Å²) >= 11 is 1.42. The third-order valence-electron chi connectivity index (χ3n) is 4.26. The number of esters is 1. The molecule has 2 heterocycles. The first-order valence-corrected chi connectivity index (χ1v) is 9.83. The van der Waals surface area contributed by atoms with Crippen molar-refractivity contribution in [3.05, 3.63) is 83.3 Å². The zero-order valence-electron chi connectivity index (χ0n) is 15.3. The predicted octanol–water partition coefficient (Wildman–Crippen LogP) is 5.38. The molecular formula is C22H18N2O3S. The number of carbonyl (C=O) groups excluding carboxylic acids is 1. The molecule has 0 bridgehead atoms. The van der Waals surface area contributed by atoms with Crippen LogP contribution in [0.15, 0.2) is 70.6 Å². The second-order valence-corrected chi connectivity index (χ2v) is 7.01. The Kier molecular flexibility index (Phi) is 5.30. The van der Waals surface area contributed by atoms with Crippen LogP contribution in [-0.2, 0) is 17.8 Å². The Bertz CT molecular complexity index is 1070. The van der Waals surface area contributed by atoms with Crippen LogP contribution in [0, 0.1) is 0 Å². The van der Waals surface area contributed by atoms with Crippen molar-refractivity contribution in [3.8, 4) is 21.9 Å². The molecule has 0 aliphatic heterocycles. The van der Waals surface area contributed by atoms with Crippen LogP contribution in [-0.4, -0.2) is 15.9 Å². The lowest BCUT2D eigenvalue weighted by molar-refractivity contribution is 0.0433. The highest BCUT2D eigenvalue weighted by molar-refractivity contribution is 7.13. The van der Waals surface area contributed by atoms with Gasteiger partial charge in [0.15, 0.2) is 18.1 Å². The summed E-state index contributed by atoms with van der Waals surface area (Å²) in [6.07, 6.45) is 2.61. The molecule has 0 fully saturated rings. The molecule has 0 amide bonds. The van der Waals surface area contributed by atoms with Crippen LogP contribution < -0.4 is 0 Å². The van der Waals surface area contributed by atoms with Gasteiger partial charge in [0.05, 0.1) is 6.20 Å². The monoisotopic (exact) mass is 390 g/mol. The Hall–Kier alpha value is -3.25. The maximum atomic E-state index is 12.3. The Labute approximate surface area is 166 Å². The molecule has 6 heteroatoms. The number of benzene rings is 2. The smallest absolute Gasteiger partial charge is 0.358 e. The lowest BCUT2D eigenvalue weighted by Crippen LogP contribution is -2.05. The fraction of sp³-hybridized carbons (Fsp3) is 0.136. The first-order valence-electron chi connectivity index (χ1n) is 8.95. The average Bonchev–Trinajstić information content (AvgIpc) is 3.43. The van der Waals surface area contributed by atoms with Gasteiger partial charge < -0.3 is 9.15 Å². The van der Waals surface area contributed by atoms with Gasteiger partial charge in [0.1, 0.15) is 5.01 Å². The van der Waals surface area contributed by atoms with Gasteiger partial charge in [-0.25, -0.2) is 14.8 Å². The molecule has 28 heavy (non-hydrogen) atoms. The van der Waals surface area contributed by atoms with Crippen molar-refractivity contribution in [2.45, 2.75) is 20.0 Å². The molecule has 0 spiro atoms. The van der Waals surface area contributed by atoms with E-state index in [2.05, 4.69) is 29.0 Å². The van der Waals surface area contributed by atoms with E-state index in [9.17, 15) is 4.79 Å². The van der Waals surface area contributed by atoms with Crippen LogP contribution in [0.25, 0.3) is 21.9 Å². The second kappa shape index (κ2) is 8.19. The van der Waals surface area contributed by atoms with Gasteiger partial charge in [0, 0.05) is 16.5 Å². The largest absolute Gasteiger partial charge is 0.451 e. The minimum absolute atomic E-state index is 0.0380. The third kappa shape index (κ3) is 4.02. The van der Waals surface area contributed by atoms with Crippen LogP contribution in [0.2, 0.25) is 0 Å². The molecule has 0 unspecified atom stereocenters. The van der Waals surface area contributed by atoms with Crippen molar-refractivity contribution < 1.29 is 13.9 Å². The van der Waals surface area contributed by atoms with Gasteiger partial charge >= 0.3 is 5.97 Å². The number of aryl methyl sites for hydroxylation is 1. The van der Waals surface area contributed by atoms with Crippen LogP contribution >= 0.6 is 11.3 Å². The van der Waals surface area contributed by atoms with E-state index in [1.165, 1.54) is 16.9 Å². The Morgan fingerprint density at radius 3 is 2.61 bits per heavy atom. The molecule has 0 aliphatic rings. The summed E-state index contributed by atoms with van der Waals surface area (Å²) in [5.41, 5.74) is 3.46. The molecule has 0 N–H and O–H groups in total. The topological polar surface area (TPSA) is 65.2 Å². The summed E-state index contributed by atoms with van der Waals surface area (Å²) in [6.45, 7) is 2.08. The van der Waals surface area contributed by atoms with Gasteiger partial charge in [0.25, 0.3) is 0 Å². The number of carbonyl (C=O) groups is 1. The maximum absolute atomic E-state index is 12.3. The number of thiazole rings is 1. The molecular weight excluding hydrogens is 372 g/mol. The average molecular weight is 390 g/mol. The molecule has 2 aromatic heterocycles. The number of oxazole rings is 1. The van der Waals surface area contributed by atoms with Crippen molar-refractivity contribution in [3.63, 3.8) is 0 Å². The van der Waals surface area contributed by atoms with Gasteiger partial charge in [-0.15, -0.1) is 11.3 Å². The fourth-order valence-corrected chi connectivity index (χ4v) is 3.49. The second-order valence-electron chi connectivity index (χ2n) is 6.15. The van der Waals surface area contributed by atoms with E-state index in [1.54, 1.807) is 11.6 Å². The number of ether oxygens (including phenoxy) is 1. The number of hydrogen-bond acceptors (Lipinski definition) is 6. The van der Waals surface area contributed by atoms with Gasteiger partial charge in [0.2, 0.25) is 5.89 Å². The van der Waals surface area contributed by atoms with Crippen molar-refractivity contribution in [2.24, 2.45) is 0 Å². The highest BCUT2D eigenvalue weighted by Gasteiger charge is 2.15. The highest BCUT2D eigenvalue weighted by atomic mass is 32.1. The van der Waals surface area contributed by atoms with Crippen LogP contribution in [0.5, 0.6) is 0 Å². The minimum atomic E-state index is -0.493. The van der Waals surface area contributed by atoms with Crippen molar-refractivity contribution in [1.29, 1.82) is 0 Å². The molecule has 0 atom stereocenters. The van der Waals surface area contributed by atoms with E-state index in [0.717, 1.165) is 22.6 Å². The van der Waals surface area contributed by atoms with E-state index in [-0.39, 0.29) is 12.3 Å². The molecule has 140 valence electrons. The van der Waals surface area contributed by atoms with Gasteiger partial charge in [-0.1, -0.05) is 61.5 Å². The number of hydrogen-bond donors (Lipinski definition) is 0. The molecule has 4 aromatic rings. The predicted molar refractivity (Wildman–Crippen MR) is 108 cm³/mol. The Balaban J connectivity index is 1.39. The zero-order valence-corrected chi connectivity index (χ0v) is 16.1. The Morgan fingerprint density at radius 1 is 1.07 bits per heavy atom. The molecule has 2 aromatic carbocycles. The van der Waals surface area contributed by atoms with Crippen molar-refractivity contribution in [1.82, 2.24) is 9.97 Å². The van der Waals surface area contributed by atoms with Crippen LogP contribution in [0.3, 0.4) is 0 Å². The van der Waals surface area contributed by atoms with E-state index < -0.39 is 5.97 Å². The summed E-state index contributed by atoms with van der Waals surface area (Å²) in [7, 11) is 0. The number of nitrogens with zero attached hydrogens (tertiary/aromatic N) is 2. The highest BCUT2D eigenvalue weighted by Crippen LogP contribution is 2.25. The molecule has 0 radical (unpaired) electrons. The van der Waals surface area contributed by atoms with Crippen LogP contribution in [0.1, 0.15) is 28.9 Å². The molecule has 0 aliphatic carbocycles. The number of aromatic nitrogens is 2. The van der Waals surface area contributed by atoms with E-state index in [4.69, 9.17) is 9.15 Å². The standard InChI is InChI=1S/C22H18N2O3S/c1-2-15-8-10-17(11-9-15)21-24-18(14-28-21)22(25)26-13-20-23-12-19(27-20)16-6-4-3-5-7-16/h3-12,14H,2,13H2,1H3. The maximum Gasteiger partial charge on any atom is 0.358 e. The molecule has 0 saturated carbocycles. The first kappa shape index (κ1) is 18.1. The normalized spacial score (nSPS) is 10.8. The van der Waals surface area contributed by atoms with E-state index in [0.29, 0.717) is 11.7 Å². The molecule has 4 rings (SSSR count). The first-order chi connectivity index (χ1) is 13.7. The van der Waals surface area contributed by atoms with Crippen molar-refractivity contribution in [2.75, 3.05) is 0 Å². The van der Waals surface area contributed by atoms with Crippen molar-refractivity contribution >= 4 is 17.3 Å². The lowest BCUT2D eigenvalue weighted by Gasteiger charge is -2.00. The number of rotatable bonds is 6. The fourth-order valence-electron chi connectivity index (χ4n) is 2.70. The summed E-state index contributed by atoms with van der Waals surface area (Å²) in [5, 5.41) is 2.49. The lowest BCUT2D eigenvalue weighted by atomic mass is 10.1. The van der Waals surface area contributed by atoms with Crippen LogP contribution in [0.4, 0.5) is 0 Å². The van der Waals surface area contributed by atoms with Gasteiger partial charge in [-0.05, 0) is 12.0 Å². The SMILES string of the molecule is CCc1ccc(-c2nc(C(=O)OCc3ncc(-c4ccccc4)o3)cs2)cc1. The van der Waals surface area contributed by atoms with Gasteiger partial charge in [-0.2, -0.15) is 0 Å². The molecule has 0 saturated heterocycles. The third-order valence-corrected chi connectivity index (χ3v) is 5.15. The summed E-state index contributed by atoms with van der Waals surface area (Å²) in [5.74, 6) is 0.489. The summed E-state index contributed by atoms with van der Waals surface area (Å²) < 4.78 is 10.9.